The first-order valence-corrected chi connectivity index (χ1v) is 10.8. The maximum absolute atomic E-state index is 12.8. The molecule has 1 aromatic heterocycles. The molecule has 4 rings (SSSR count). The van der Waals surface area contributed by atoms with E-state index in [0.717, 1.165) is 12.0 Å². The summed E-state index contributed by atoms with van der Waals surface area (Å²) in [4.78, 5) is 35.6. The number of nitro benzene ring substituents is 1. The Morgan fingerprint density at radius 3 is 2.49 bits per heavy atom. The van der Waals surface area contributed by atoms with Crippen molar-refractivity contribution >= 4 is 28.9 Å². The second kappa shape index (κ2) is 10.1. The fourth-order valence-electron chi connectivity index (χ4n) is 3.86. The first-order valence-electron chi connectivity index (χ1n) is 10.8. The van der Waals surface area contributed by atoms with Gasteiger partial charge in [-0.2, -0.15) is 5.10 Å². The van der Waals surface area contributed by atoms with Gasteiger partial charge in [0.05, 0.1) is 29.0 Å². The topological polar surface area (TPSA) is 148 Å². The van der Waals surface area contributed by atoms with Crippen molar-refractivity contribution in [3.05, 3.63) is 86.9 Å². The summed E-state index contributed by atoms with van der Waals surface area (Å²) in [5.74, 6) is -0.0214. The predicted octanol–water partition coefficient (Wildman–Crippen LogP) is 3.73. The number of nitro groups is 1. The predicted molar refractivity (Wildman–Crippen MR) is 128 cm³/mol. The van der Waals surface area contributed by atoms with Crippen LogP contribution in [0.1, 0.15) is 50.6 Å². The smallest absolute Gasteiger partial charge is 0.305 e. The molecule has 2 amide bonds. The molecule has 0 bridgehead atoms. The van der Waals surface area contributed by atoms with E-state index in [0.29, 0.717) is 41.3 Å². The van der Waals surface area contributed by atoms with Crippen LogP contribution >= 0.6 is 0 Å². The van der Waals surface area contributed by atoms with Crippen LogP contribution in [-0.2, 0) is 6.42 Å². The van der Waals surface area contributed by atoms with E-state index in [1.807, 2.05) is 0 Å². The molecule has 0 aliphatic heterocycles. The van der Waals surface area contributed by atoms with E-state index in [2.05, 4.69) is 21.4 Å². The summed E-state index contributed by atoms with van der Waals surface area (Å²) in [7, 11) is 1.46. The molecule has 11 nitrogen and oxygen atoms in total. The van der Waals surface area contributed by atoms with E-state index in [9.17, 15) is 19.7 Å². The number of anilines is 1. The third-order valence-electron chi connectivity index (χ3n) is 5.57. The van der Waals surface area contributed by atoms with Gasteiger partial charge in [0.2, 0.25) is 0 Å². The number of aryl methyl sites for hydroxylation is 1. The summed E-state index contributed by atoms with van der Waals surface area (Å²) >= 11 is 0. The van der Waals surface area contributed by atoms with E-state index >= 15 is 0 Å². The highest BCUT2D eigenvalue weighted by Gasteiger charge is 2.28. The number of ether oxygens (including phenoxy) is 1. The summed E-state index contributed by atoms with van der Waals surface area (Å²) in [5, 5.41) is 15.3. The van der Waals surface area contributed by atoms with Crippen molar-refractivity contribution in [3.8, 4) is 5.75 Å². The number of para-hydroxylation sites is 1. The van der Waals surface area contributed by atoms with Crippen LogP contribution in [0, 0.1) is 17.0 Å². The SMILES string of the molecule is COc1ccccc1C(=O)NNC(=O)c1oc2c(c1C)/C(=N/Nc1ccc([N+](=O)[O-])cc1)CCC2. The van der Waals surface area contributed by atoms with Crippen LogP contribution in [0.5, 0.6) is 5.75 Å². The maximum Gasteiger partial charge on any atom is 0.305 e. The van der Waals surface area contributed by atoms with Gasteiger partial charge in [-0.05, 0) is 44.0 Å². The Bertz CT molecular complexity index is 1310. The molecule has 35 heavy (non-hydrogen) atoms. The number of hydrazine groups is 1. The van der Waals surface area contributed by atoms with Crippen molar-refractivity contribution in [1.82, 2.24) is 10.9 Å². The van der Waals surface area contributed by atoms with Gasteiger partial charge in [0.1, 0.15) is 11.5 Å². The van der Waals surface area contributed by atoms with Crippen molar-refractivity contribution < 1.29 is 23.7 Å². The van der Waals surface area contributed by atoms with Gasteiger partial charge in [0, 0.05) is 29.7 Å². The molecular weight excluding hydrogens is 454 g/mol. The van der Waals surface area contributed by atoms with Crippen molar-refractivity contribution in [2.75, 3.05) is 12.5 Å². The number of hydrogen-bond donors (Lipinski definition) is 3. The lowest BCUT2D eigenvalue weighted by Crippen LogP contribution is -2.41. The summed E-state index contributed by atoms with van der Waals surface area (Å²) in [6.45, 7) is 1.76. The van der Waals surface area contributed by atoms with Gasteiger partial charge in [-0.1, -0.05) is 12.1 Å². The van der Waals surface area contributed by atoms with Gasteiger partial charge in [-0.15, -0.1) is 0 Å². The number of fused-ring (bicyclic) bond motifs is 1. The minimum absolute atomic E-state index is 0.0118. The van der Waals surface area contributed by atoms with Gasteiger partial charge in [0.15, 0.2) is 5.76 Å². The Morgan fingerprint density at radius 1 is 1.06 bits per heavy atom. The van der Waals surface area contributed by atoms with Crippen LogP contribution in [-0.4, -0.2) is 29.6 Å². The van der Waals surface area contributed by atoms with Crippen molar-refractivity contribution in [2.45, 2.75) is 26.2 Å². The van der Waals surface area contributed by atoms with Crippen LogP contribution in [0.3, 0.4) is 0 Å². The van der Waals surface area contributed by atoms with Crippen LogP contribution < -0.4 is 21.0 Å². The standard InChI is InChI=1S/C24H23N5O6/c1-14-21-18(26-25-15-10-12-16(13-11-15)29(32)33)7-5-9-20(21)35-22(14)24(31)28-27-23(30)17-6-3-4-8-19(17)34-2/h3-4,6,8,10-13,25H,5,7,9H2,1-2H3,(H,27,30)(H,28,31)/b26-18+. The number of amides is 2. The molecule has 180 valence electrons. The molecular formula is C24H23N5O6. The fraction of sp³-hybridized carbons (Fsp3) is 0.208. The van der Waals surface area contributed by atoms with Crippen molar-refractivity contribution in [2.24, 2.45) is 5.10 Å². The zero-order chi connectivity index (χ0) is 24.9. The van der Waals surface area contributed by atoms with E-state index in [4.69, 9.17) is 9.15 Å². The highest BCUT2D eigenvalue weighted by Crippen LogP contribution is 2.30. The van der Waals surface area contributed by atoms with Crippen LogP contribution in [0.2, 0.25) is 0 Å². The van der Waals surface area contributed by atoms with E-state index in [1.165, 1.54) is 19.2 Å². The number of hydrogen-bond acceptors (Lipinski definition) is 8. The van der Waals surface area contributed by atoms with E-state index in [1.54, 1.807) is 43.3 Å². The first kappa shape index (κ1) is 23.5. The van der Waals surface area contributed by atoms with Gasteiger partial charge in [-0.25, -0.2) is 0 Å². The second-order valence-electron chi connectivity index (χ2n) is 7.79. The Labute approximate surface area is 200 Å². The highest BCUT2D eigenvalue weighted by atomic mass is 16.6. The number of benzene rings is 2. The molecule has 3 N–H and O–H groups in total. The molecule has 1 heterocycles. The number of non-ortho nitro benzene ring substituents is 1. The van der Waals surface area contributed by atoms with Crippen LogP contribution in [0.15, 0.2) is 58.0 Å². The molecule has 2 aromatic carbocycles. The van der Waals surface area contributed by atoms with E-state index < -0.39 is 16.7 Å². The lowest BCUT2D eigenvalue weighted by Gasteiger charge is -2.13. The molecule has 0 saturated heterocycles. The molecule has 1 aliphatic carbocycles. The summed E-state index contributed by atoms with van der Waals surface area (Å²) in [6, 6.07) is 12.6. The number of methoxy groups -OCH3 is 1. The van der Waals surface area contributed by atoms with Crippen LogP contribution in [0.25, 0.3) is 0 Å². The Kier molecular flexibility index (Phi) is 6.76. The zero-order valence-electron chi connectivity index (χ0n) is 19.1. The largest absolute Gasteiger partial charge is 0.496 e. The molecule has 0 saturated carbocycles. The number of carbonyl (C=O) groups excluding carboxylic acids is 2. The lowest BCUT2D eigenvalue weighted by atomic mass is 9.93. The molecule has 0 fully saturated rings. The average Bonchev–Trinajstić information content (AvgIpc) is 3.23. The Hall–Kier alpha value is -4.67. The minimum atomic E-state index is -0.595. The molecule has 11 heteroatoms. The number of carbonyl (C=O) groups is 2. The number of nitrogens with one attached hydrogen (secondary N) is 3. The highest BCUT2D eigenvalue weighted by molar-refractivity contribution is 6.07. The molecule has 3 aromatic rings. The lowest BCUT2D eigenvalue weighted by molar-refractivity contribution is -0.384. The quantitative estimate of drug-likeness (QED) is 0.362. The third kappa shape index (κ3) is 4.98. The number of nitrogens with zero attached hydrogens (tertiary/aromatic N) is 2. The van der Waals surface area contributed by atoms with E-state index in [-0.39, 0.29) is 17.0 Å². The Balaban J connectivity index is 1.48. The number of rotatable bonds is 6. The van der Waals surface area contributed by atoms with Gasteiger partial charge < -0.3 is 9.15 Å². The zero-order valence-corrected chi connectivity index (χ0v) is 19.1. The molecule has 0 atom stereocenters. The van der Waals surface area contributed by atoms with Gasteiger partial charge in [0.25, 0.3) is 11.6 Å². The van der Waals surface area contributed by atoms with Gasteiger partial charge in [-0.3, -0.25) is 36.0 Å². The molecule has 0 unspecified atom stereocenters. The second-order valence-corrected chi connectivity index (χ2v) is 7.79. The molecule has 0 radical (unpaired) electrons. The monoisotopic (exact) mass is 477 g/mol. The normalized spacial score (nSPS) is 13.6. The molecule has 0 spiro atoms. The van der Waals surface area contributed by atoms with Crippen molar-refractivity contribution in [1.29, 1.82) is 0 Å². The average molecular weight is 477 g/mol. The first-order chi connectivity index (χ1) is 16.9. The summed E-state index contributed by atoms with van der Waals surface area (Å²) in [6.07, 6.45) is 2.10. The third-order valence-corrected chi connectivity index (χ3v) is 5.57. The summed E-state index contributed by atoms with van der Waals surface area (Å²) in [5.41, 5.74) is 10.6. The summed E-state index contributed by atoms with van der Waals surface area (Å²) < 4.78 is 11.0. The number of furan rings is 1. The Morgan fingerprint density at radius 2 is 1.77 bits per heavy atom. The minimum Gasteiger partial charge on any atom is -0.496 e. The van der Waals surface area contributed by atoms with Crippen molar-refractivity contribution in [3.63, 3.8) is 0 Å². The fourth-order valence-corrected chi connectivity index (χ4v) is 3.86. The van der Waals surface area contributed by atoms with Crippen LogP contribution in [0.4, 0.5) is 11.4 Å². The van der Waals surface area contributed by atoms with Gasteiger partial charge >= 0.3 is 5.91 Å². The maximum atomic E-state index is 12.8. The number of hydrazone groups is 1. The molecule has 1 aliphatic rings.